The third-order valence-electron chi connectivity index (χ3n) is 5.44. The van der Waals surface area contributed by atoms with E-state index < -0.39 is 0 Å². The maximum absolute atomic E-state index is 12.7. The Morgan fingerprint density at radius 3 is 2.90 bits per heavy atom. The zero-order chi connectivity index (χ0) is 14.7. The van der Waals surface area contributed by atoms with Gasteiger partial charge in [-0.1, -0.05) is 12.1 Å². The zero-order valence-electron chi connectivity index (χ0n) is 12.3. The molecule has 1 N–H and O–H groups in total. The smallest absolute Gasteiger partial charge is 0.310 e. The second-order valence-corrected chi connectivity index (χ2v) is 6.73. The third-order valence-corrected chi connectivity index (χ3v) is 5.44. The van der Waals surface area contributed by atoms with Crippen LogP contribution in [0.15, 0.2) is 18.2 Å². The molecule has 1 aromatic rings. The first-order valence-corrected chi connectivity index (χ1v) is 7.63. The maximum Gasteiger partial charge on any atom is 0.310 e. The van der Waals surface area contributed by atoms with Gasteiger partial charge in [-0.2, -0.15) is 0 Å². The molecule has 1 saturated heterocycles. The van der Waals surface area contributed by atoms with Crippen LogP contribution in [0.4, 0.5) is 5.69 Å². The predicted molar refractivity (Wildman–Crippen MR) is 77.6 cm³/mol. The van der Waals surface area contributed by atoms with Crippen LogP contribution in [-0.4, -0.2) is 18.0 Å². The molecule has 4 rings (SSSR count). The molecule has 5 atom stereocenters. The Hall–Kier alpha value is -1.84. The van der Waals surface area contributed by atoms with Gasteiger partial charge >= 0.3 is 5.97 Å². The highest BCUT2D eigenvalue weighted by Crippen LogP contribution is 2.57. The molecule has 0 unspecified atom stereocenters. The van der Waals surface area contributed by atoms with Crippen molar-refractivity contribution in [2.75, 3.05) is 5.32 Å². The fourth-order valence-electron chi connectivity index (χ4n) is 4.45. The number of hydrogen-bond acceptors (Lipinski definition) is 3. The van der Waals surface area contributed by atoms with Crippen molar-refractivity contribution in [1.29, 1.82) is 0 Å². The molecule has 1 aromatic carbocycles. The lowest BCUT2D eigenvalue weighted by atomic mass is 9.79. The molecule has 1 amide bonds. The number of carbonyl (C=O) groups excluding carboxylic acids is 2. The molecule has 2 saturated carbocycles. The average Bonchev–Trinajstić information content (AvgIpc) is 3.03. The third kappa shape index (κ3) is 1.81. The number of rotatable bonds is 2. The van der Waals surface area contributed by atoms with Crippen molar-refractivity contribution >= 4 is 17.6 Å². The average molecular weight is 285 g/mol. The van der Waals surface area contributed by atoms with Crippen molar-refractivity contribution in [2.45, 2.75) is 32.8 Å². The summed E-state index contributed by atoms with van der Waals surface area (Å²) in [4.78, 5) is 24.7. The van der Waals surface area contributed by atoms with Crippen molar-refractivity contribution in [3.05, 3.63) is 29.3 Å². The summed E-state index contributed by atoms with van der Waals surface area (Å²) in [6.45, 7) is 3.99. The van der Waals surface area contributed by atoms with Crippen LogP contribution in [0.2, 0.25) is 0 Å². The van der Waals surface area contributed by atoms with E-state index in [9.17, 15) is 9.59 Å². The number of amides is 1. The zero-order valence-corrected chi connectivity index (χ0v) is 12.3. The maximum atomic E-state index is 12.7. The Balaban J connectivity index is 1.58. The van der Waals surface area contributed by atoms with Gasteiger partial charge in [0.05, 0.1) is 11.8 Å². The van der Waals surface area contributed by atoms with Gasteiger partial charge in [0.2, 0.25) is 5.91 Å². The number of anilines is 1. The minimum atomic E-state index is -0.209. The Morgan fingerprint density at radius 2 is 2.10 bits per heavy atom. The highest BCUT2D eigenvalue weighted by Gasteiger charge is 2.63. The molecular weight excluding hydrogens is 266 g/mol. The molecule has 0 radical (unpaired) electrons. The van der Waals surface area contributed by atoms with Gasteiger partial charge in [0, 0.05) is 11.6 Å². The lowest BCUT2D eigenvalue weighted by molar-refractivity contribution is -0.145. The fraction of sp³-hybridized carbons (Fsp3) is 0.529. The minimum Gasteiger partial charge on any atom is -0.462 e. The Labute approximate surface area is 123 Å². The second kappa shape index (κ2) is 4.33. The van der Waals surface area contributed by atoms with Crippen molar-refractivity contribution in [3.8, 4) is 0 Å². The summed E-state index contributed by atoms with van der Waals surface area (Å²) in [5.74, 6) is -0.0111. The molecule has 1 heterocycles. The van der Waals surface area contributed by atoms with E-state index in [1.807, 2.05) is 32.0 Å². The molecule has 3 aliphatic rings. The first-order valence-electron chi connectivity index (χ1n) is 7.63. The summed E-state index contributed by atoms with van der Waals surface area (Å²) < 4.78 is 5.39. The highest BCUT2D eigenvalue weighted by atomic mass is 16.6. The van der Waals surface area contributed by atoms with Gasteiger partial charge in [-0.15, -0.1) is 0 Å². The van der Waals surface area contributed by atoms with Crippen molar-refractivity contribution in [3.63, 3.8) is 0 Å². The van der Waals surface area contributed by atoms with E-state index >= 15 is 0 Å². The molecule has 2 aliphatic carbocycles. The van der Waals surface area contributed by atoms with E-state index in [0.29, 0.717) is 5.92 Å². The van der Waals surface area contributed by atoms with Crippen LogP contribution < -0.4 is 5.32 Å². The molecule has 4 nitrogen and oxygen atoms in total. The van der Waals surface area contributed by atoms with Crippen LogP contribution in [0.5, 0.6) is 0 Å². The Kier molecular flexibility index (Phi) is 2.65. The number of fused-ring (bicyclic) bond motifs is 1. The standard InChI is InChI=1S/C17H19NO3/c1-8-3-4-9(2)12(5-8)18-16(19)14-10-6-11-13(7-10)21-17(20)15(11)14/h3-5,10-11,13-15H,6-7H2,1-2H3,(H,18,19)/t10-,11-,13+,14-,15-/m0/s1. The first kappa shape index (κ1) is 12.9. The van der Waals surface area contributed by atoms with E-state index in [1.165, 1.54) is 0 Å². The van der Waals surface area contributed by atoms with Gasteiger partial charge in [0.1, 0.15) is 6.10 Å². The van der Waals surface area contributed by atoms with Gasteiger partial charge < -0.3 is 10.1 Å². The molecular formula is C17H19NO3. The molecule has 1 aliphatic heterocycles. The van der Waals surface area contributed by atoms with Gasteiger partial charge in [-0.25, -0.2) is 0 Å². The van der Waals surface area contributed by atoms with Crippen molar-refractivity contribution in [2.24, 2.45) is 23.7 Å². The van der Waals surface area contributed by atoms with Crippen molar-refractivity contribution in [1.82, 2.24) is 0 Å². The van der Waals surface area contributed by atoms with Crippen LogP contribution in [0.1, 0.15) is 24.0 Å². The lowest BCUT2D eigenvalue weighted by Gasteiger charge is -2.24. The second-order valence-electron chi connectivity index (χ2n) is 6.73. The largest absolute Gasteiger partial charge is 0.462 e. The van der Waals surface area contributed by atoms with Gasteiger partial charge in [0.15, 0.2) is 0 Å². The number of esters is 1. The SMILES string of the molecule is Cc1ccc(C)c(NC(=O)[C@H]2[C@H]3C[C@@H]4[C@@H]2C(=O)O[C@@H]4C3)c1. The van der Waals surface area contributed by atoms with Crippen molar-refractivity contribution < 1.29 is 14.3 Å². The van der Waals surface area contributed by atoms with Crippen LogP contribution in [0, 0.1) is 37.5 Å². The number of benzene rings is 1. The molecule has 21 heavy (non-hydrogen) atoms. The Bertz CT molecular complexity index is 637. The molecule has 0 aromatic heterocycles. The number of nitrogens with one attached hydrogen (secondary N) is 1. The van der Waals surface area contributed by atoms with Crippen LogP contribution in [0.3, 0.4) is 0 Å². The summed E-state index contributed by atoms with van der Waals surface area (Å²) in [6, 6.07) is 6.02. The van der Waals surface area contributed by atoms with Crippen LogP contribution in [-0.2, 0) is 14.3 Å². The number of carbonyl (C=O) groups is 2. The fourth-order valence-corrected chi connectivity index (χ4v) is 4.45. The molecule has 2 bridgehead atoms. The number of aryl methyl sites for hydroxylation is 2. The van der Waals surface area contributed by atoms with Crippen LogP contribution >= 0.6 is 0 Å². The van der Waals surface area contributed by atoms with E-state index in [2.05, 4.69) is 5.32 Å². The van der Waals surface area contributed by atoms with E-state index in [-0.39, 0.29) is 35.7 Å². The molecule has 4 heteroatoms. The monoisotopic (exact) mass is 285 g/mol. The summed E-state index contributed by atoms with van der Waals surface area (Å²) in [5, 5.41) is 3.03. The first-order chi connectivity index (χ1) is 10.0. The predicted octanol–water partition coefficient (Wildman–Crippen LogP) is 2.44. The lowest BCUT2D eigenvalue weighted by Crippen LogP contribution is -2.36. The molecule has 110 valence electrons. The number of ether oxygens (including phenoxy) is 1. The van der Waals surface area contributed by atoms with E-state index in [0.717, 1.165) is 29.7 Å². The van der Waals surface area contributed by atoms with Gasteiger partial charge in [-0.05, 0) is 49.8 Å². The minimum absolute atomic E-state index is 0.0153. The quantitative estimate of drug-likeness (QED) is 0.849. The number of hydrogen-bond donors (Lipinski definition) is 1. The van der Waals surface area contributed by atoms with Crippen LogP contribution in [0.25, 0.3) is 0 Å². The normalized spacial score (nSPS) is 35.9. The molecule has 0 spiro atoms. The van der Waals surface area contributed by atoms with E-state index in [1.54, 1.807) is 0 Å². The summed E-state index contributed by atoms with van der Waals surface area (Å²) in [5.41, 5.74) is 3.01. The summed E-state index contributed by atoms with van der Waals surface area (Å²) in [7, 11) is 0. The molecule has 3 fully saturated rings. The van der Waals surface area contributed by atoms with Gasteiger partial charge in [0.25, 0.3) is 0 Å². The van der Waals surface area contributed by atoms with E-state index in [4.69, 9.17) is 4.74 Å². The topological polar surface area (TPSA) is 55.4 Å². The highest BCUT2D eigenvalue weighted by molar-refractivity contribution is 5.97. The summed E-state index contributed by atoms with van der Waals surface area (Å²) >= 11 is 0. The summed E-state index contributed by atoms with van der Waals surface area (Å²) in [6.07, 6.45) is 1.90. The van der Waals surface area contributed by atoms with Gasteiger partial charge in [-0.3, -0.25) is 9.59 Å². The Morgan fingerprint density at radius 1 is 1.29 bits per heavy atom.